The number of methoxy groups -OCH3 is 1. The number of para-hydroxylation sites is 1. The number of rotatable bonds is 10. The molecule has 2 rings (SSSR count). The molecule has 160 valence electrons. The number of aryl methyl sites for hydroxylation is 2. The Labute approximate surface area is 179 Å². The van der Waals surface area contributed by atoms with Crippen LogP contribution in [-0.4, -0.2) is 55.4 Å². The first-order valence-corrected chi connectivity index (χ1v) is 9.90. The van der Waals surface area contributed by atoms with Gasteiger partial charge in [0.15, 0.2) is 0 Å². The maximum absolute atomic E-state index is 12.7. The van der Waals surface area contributed by atoms with Crippen LogP contribution in [0.1, 0.15) is 16.7 Å². The molecule has 0 saturated heterocycles. The van der Waals surface area contributed by atoms with E-state index in [1.165, 1.54) is 4.90 Å². The molecule has 0 unspecified atom stereocenters. The molecule has 0 aliphatic carbocycles. The van der Waals surface area contributed by atoms with Crippen LogP contribution < -0.4 is 10.1 Å². The van der Waals surface area contributed by atoms with E-state index in [0.717, 1.165) is 28.1 Å². The van der Waals surface area contributed by atoms with Gasteiger partial charge in [-0.25, -0.2) is 0 Å². The monoisotopic (exact) mass is 409 g/mol. The minimum Gasteiger partial charge on any atom is -0.497 e. The summed E-state index contributed by atoms with van der Waals surface area (Å²) in [6.07, 6.45) is 1.77. The Kier molecular flexibility index (Phi) is 8.62. The van der Waals surface area contributed by atoms with Gasteiger partial charge in [0.1, 0.15) is 5.75 Å². The largest absolute Gasteiger partial charge is 0.497 e. The molecule has 0 spiro atoms. The summed E-state index contributed by atoms with van der Waals surface area (Å²) in [5, 5.41) is 2.92. The quantitative estimate of drug-likeness (QED) is 0.611. The van der Waals surface area contributed by atoms with Crippen LogP contribution in [0.4, 0.5) is 5.69 Å². The highest BCUT2D eigenvalue weighted by atomic mass is 16.5. The molecule has 0 heterocycles. The van der Waals surface area contributed by atoms with Gasteiger partial charge in [0.05, 0.1) is 20.2 Å². The maximum atomic E-state index is 12.7. The highest BCUT2D eigenvalue weighted by Gasteiger charge is 2.17. The zero-order chi connectivity index (χ0) is 22.1. The average Bonchev–Trinajstić information content (AvgIpc) is 2.71. The molecule has 0 fully saturated rings. The summed E-state index contributed by atoms with van der Waals surface area (Å²) in [5.74, 6) is 0.454. The zero-order valence-electron chi connectivity index (χ0n) is 18.3. The highest BCUT2D eigenvalue weighted by molar-refractivity contribution is 5.95. The number of hydrogen-bond donors (Lipinski definition) is 1. The summed E-state index contributed by atoms with van der Waals surface area (Å²) in [7, 11) is 3.27. The number of anilines is 1. The molecule has 2 aromatic rings. The number of hydrogen-bond acceptors (Lipinski definition) is 4. The van der Waals surface area contributed by atoms with Crippen molar-refractivity contribution >= 4 is 17.5 Å². The Bertz CT molecular complexity index is 858. The Hall–Kier alpha value is -3.12. The zero-order valence-corrected chi connectivity index (χ0v) is 18.3. The van der Waals surface area contributed by atoms with E-state index in [-0.39, 0.29) is 24.9 Å². The first-order chi connectivity index (χ1) is 14.3. The molecular weight excluding hydrogens is 378 g/mol. The number of amides is 2. The first-order valence-electron chi connectivity index (χ1n) is 9.90. The number of carbonyl (C=O) groups excluding carboxylic acids is 2. The molecule has 0 radical (unpaired) electrons. The SMILES string of the molecule is C=CCN(CC(=O)N(C)CC(=O)Nc1c(C)cccc1C)Cc1ccc(OC)cc1. The molecule has 2 amide bonds. The Morgan fingerprint density at radius 1 is 1.07 bits per heavy atom. The summed E-state index contributed by atoms with van der Waals surface area (Å²) in [5.41, 5.74) is 3.86. The molecule has 0 aliphatic rings. The molecule has 0 aromatic heterocycles. The second-order valence-corrected chi connectivity index (χ2v) is 7.37. The van der Waals surface area contributed by atoms with Crippen molar-refractivity contribution in [3.05, 3.63) is 71.8 Å². The normalized spacial score (nSPS) is 10.6. The number of nitrogens with zero attached hydrogens (tertiary/aromatic N) is 2. The lowest BCUT2D eigenvalue weighted by Gasteiger charge is -2.24. The van der Waals surface area contributed by atoms with E-state index in [1.807, 2.05) is 61.2 Å². The van der Waals surface area contributed by atoms with Crippen molar-refractivity contribution in [3.8, 4) is 5.75 Å². The number of nitrogens with one attached hydrogen (secondary N) is 1. The van der Waals surface area contributed by atoms with E-state index < -0.39 is 0 Å². The fourth-order valence-electron chi connectivity index (χ4n) is 3.16. The fourth-order valence-corrected chi connectivity index (χ4v) is 3.16. The number of likely N-dealkylation sites (N-methyl/N-ethyl adjacent to an activating group) is 1. The molecule has 30 heavy (non-hydrogen) atoms. The minimum absolute atomic E-state index is 0.00290. The lowest BCUT2D eigenvalue weighted by atomic mass is 10.1. The van der Waals surface area contributed by atoms with Crippen LogP contribution in [0.2, 0.25) is 0 Å². The number of ether oxygens (including phenoxy) is 1. The Morgan fingerprint density at radius 2 is 1.70 bits per heavy atom. The lowest BCUT2D eigenvalue weighted by molar-refractivity contribution is -0.134. The van der Waals surface area contributed by atoms with Crippen molar-refractivity contribution in [1.29, 1.82) is 0 Å². The van der Waals surface area contributed by atoms with E-state index in [4.69, 9.17) is 4.74 Å². The molecule has 6 nitrogen and oxygen atoms in total. The van der Waals surface area contributed by atoms with Crippen molar-refractivity contribution < 1.29 is 14.3 Å². The van der Waals surface area contributed by atoms with Gasteiger partial charge in [0, 0.05) is 25.8 Å². The van der Waals surface area contributed by atoms with Gasteiger partial charge in [-0.3, -0.25) is 14.5 Å². The van der Waals surface area contributed by atoms with Gasteiger partial charge in [0.2, 0.25) is 11.8 Å². The average molecular weight is 410 g/mol. The van der Waals surface area contributed by atoms with E-state index in [0.29, 0.717) is 13.1 Å². The predicted octanol–water partition coefficient (Wildman–Crippen LogP) is 3.40. The molecule has 0 bridgehead atoms. The third kappa shape index (κ3) is 6.74. The third-order valence-electron chi connectivity index (χ3n) is 4.86. The molecule has 0 saturated carbocycles. The van der Waals surface area contributed by atoms with E-state index >= 15 is 0 Å². The van der Waals surface area contributed by atoms with Gasteiger partial charge < -0.3 is 15.0 Å². The number of benzene rings is 2. The second kappa shape index (κ2) is 11.2. The predicted molar refractivity (Wildman–Crippen MR) is 121 cm³/mol. The first kappa shape index (κ1) is 23.2. The minimum atomic E-state index is -0.214. The van der Waals surface area contributed by atoms with Crippen molar-refractivity contribution in [3.63, 3.8) is 0 Å². The Balaban J connectivity index is 1.93. The smallest absolute Gasteiger partial charge is 0.243 e. The molecule has 2 aromatic carbocycles. The van der Waals surface area contributed by atoms with Gasteiger partial charge in [-0.15, -0.1) is 6.58 Å². The summed E-state index contributed by atoms with van der Waals surface area (Å²) < 4.78 is 5.18. The standard InChI is InChI=1S/C24H31N3O3/c1-6-14-27(15-20-10-12-21(30-5)13-11-20)17-23(29)26(4)16-22(28)25-24-18(2)8-7-9-19(24)3/h6-13H,1,14-17H2,2-5H3,(H,25,28). The van der Waals surface area contributed by atoms with Crippen LogP contribution in [0.5, 0.6) is 5.75 Å². The van der Waals surface area contributed by atoms with E-state index in [2.05, 4.69) is 11.9 Å². The Morgan fingerprint density at radius 3 is 2.27 bits per heavy atom. The number of carbonyl (C=O) groups is 2. The summed E-state index contributed by atoms with van der Waals surface area (Å²) >= 11 is 0. The van der Waals surface area contributed by atoms with Crippen molar-refractivity contribution in [1.82, 2.24) is 9.80 Å². The summed E-state index contributed by atoms with van der Waals surface area (Å²) in [6.45, 7) is 9.05. The third-order valence-corrected chi connectivity index (χ3v) is 4.86. The van der Waals surface area contributed by atoms with Crippen LogP contribution in [0.15, 0.2) is 55.1 Å². The lowest BCUT2D eigenvalue weighted by Crippen LogP contribution is -2.41. The van der Waals surface area contributed by atoms with Gasteiger partial charge in [-0.05, 0) is 42.7 Å². The summed E-state index contributed by atoms with van der Waals surface area (Å²) in [6, 6.07) is 13.6. The van der Waals surface area contributed by atoms with Crippen molar-refractivity contribution in [2.45, 2.75) is 20.4 Å². The van der Waals surface area contributed by atoms with Gasteiger partial charge in [-0.1, -0.05) is 36.4 Å². The fraction of sp³-hybridized carbons (Fsp3) is 0.333. The second-order valence-electron chi connectivity index (χ2n) is 7.37. The van der Waals surface area contributed by atoms with Crippen molar-refractivity contribution in [2.75, 3.05) is 39.1 Å². The van der Waals surface area contributed by atoms with Crippen LogP contribution in [0.25, 0.3) is 0 Å². The summed E-state index contributed by atoms with van der Waals surface area (Å²) in [4.78, 5) is 28.6. The van der Waals surface area contributed by atoms with Crippen molar-refractivity contribution in [2.24, 2.45) is 0 Å². The van der Waals surface area contributed by atoms with E-state index in [1.54, 1.807) is 20.2 Å². The maximum Gasteiger partial charge on any atom is 0.243 e. The van der Waals surface area contributed by atoms with Crippen LogP contribution in [0.3, 0.4) is 0 Å². The van der Waals surface area contributed by atoms with Gasteiger partial charge in [-0.2, -0.15) is 0 Å². The van der Waals surface area contributed by atoms with Crippen LogP contribution in [0, 0.1) is 13.8 Å². The molecule has 6 heteroatoms. The van der Waals surface area contributed by atoms with Crippen LogP contribution >= 0.6 is 0 Å². The molecule has 0 atom stereocenters. The van der Waals surface area contributed by atoms with Gasteiger partial charge in [0.25, 0.3) is 0 Å². The van der Waals surface area contributed by atoms with Crippen LogP contribution in [-0.2, 0) is 16.1 Å². The highest BCUT2D eigenvalue weighted by Crippen LogP contribution is 2.19. The molecule has 0 aliphatic heterocycles. The van der Waals surface area contributed by atoms with Gasteiger partial charge >= 0.3 is 0 Å². The molecule has 1 N–H and O–H groups in total. The van der Waals surface area contributed by atoms with E-state index in [9.17, 15) is 9.59 Å². The topological polar surface area (TPSA) is 61.9 Å². The molecular formula is C24H31N3O3.